The molecule has 1 atom stereocenters. The van der Waals surface area contributed by atoms with Crippen LogP contribution in [-0.4, -0.2) is 40.5 Å². The number of benzene rings is 1. The number of carbonyl (C=O) groups excluding carboxylic acids is 1. The third-order valence-corrected chi connectivity index (χ3v) is 5.88. The summed E-state index contributed by atoms with van der Waals surface area (Å²) in [5.74, 6) is 0.688. The Bertz CT molecular complexity index is 894. The van der Waals surface area contributed by atoms with Gasteiger partial charge in [0.1, 0.15) is 0 Å². The topological polar surface area (TPSA) is 73.2 Å². The predicted octanol–water partition coefficient (Wildman–Crippen LogP) is 3.48. The summed E-state index contributed by atoms with van der Waals surface area (Å²) in [4.78, 5) is 29.8. The first-order valence-electron chi connectivity index (χ1n) is 9.65. The minimum atomic E-state index is -0.125. The minimum absolute atomic E-state index is 0.00321. The summed E-state index contributed by atoms with van der Waals surface area (Å²) in [6.45, 7) is 6.06. The lowest BCUT2D eigenvalue weighted by Gasteiger charge is -2.16. The van der Waals surface area contributed by atoms with E-state index in [4.69, 9.17) is 16.3 Å². The van der Waals surface area contributed by atoms with Crippen LogP contribution in [0.25, 0.3) is 10.9 Å². The molecule has 8 heteroatoms. The summed E-state index contributed by atoms with van der Waals surface area (Å²) in [6, 6.07) is 5.08. The molecule has 1 saturated heterocycles. The Morgan fingerprint density at radius 1 is 1.46 bits per heavy atom. The maximum Gasteiger partial charge on any atom is 0.262 e. The molecule has 0 spiro atoms. The van der Waals surface area contributed by atoms with Gasteiger partial charge >= 0.3 is 0 Å². The molecule has 0 bridgehead atoms. The maximum atomic E-state index is 13.1. The van der Waals surface area contributed by atoms with Crippen molar-refractivity contribution in [1.82, 2.24) is 14.9 Å². The van der Waals surface area contributed by atoms with Crippen molar-refractivity contribution in [2.24, 2.45) is 5.92 Å². The van der Waals surface area contributed by atoms with Crippen molar-refractivity contribution in [2.75, 3.05) is 18.9 Å². The fraction of sp³-hybridized carbons (Fsp3) is 0.550. The molecule has 0 aliphatic carbocycles. The Kier molecular flexibility index (Phi) is 7.37. The van der Waals surface area contributed by atoms with Gasteiger partial charge in [-0.15, -0.1) is 0 Å². The first-order valence-corrected chi connectivity index (χ1v) is 11.0. The summed E-state index contributed by atoms with van der Waals surface area (Å²) in [6.07, 6.45) is 2.86. The van der Waals surface area contributed by atoms with Gasteiger partial charge in [-0.3, -0.25) is 14.2 Å². The van der Waals surface area contributed by atoms with Gasteiger partial charge in [0, 0.05) is 18.2 Å². The molecule has 6 nitrogen and oxygen atoms in total. The number of amides is 1. The van der Waals surface area contributed by atoms with Gasteiger partial charge in [0.25, 0.3) is 5.56 Å². The van der Waals surface area contributed by atoms with Crippen LogP contribution in [0.2, 0.25) is 5.02 Å². The molecule has 0 radical (unpaired) electrons. The standard InChI is InChI=1S/C20H26ClN3O3S/c1-13(2)7-8-22-18(25)12-28-20-23-17-10-14(21)5-6-16(17)19(26)24(20)11-15-4-3-9-27-15/h5-6,10,13,15H,3-4,7-9,11-12H2,1-2H3,(H,22,25)/t15-/m1/s1. The number of carbonyl (C=O) groups is 1. The summed E-state index contributed by atoms with van der Waals surface area (Å²) in [5, 5.41) is 4.49. The Hall–Kier alpha value is -1.57. The van der Waals surface area contributed by atoms with Crippen LogP contribution in [-0.2, 0) is 16.1 Å². The molecule has 2 heterocycles. The van der Waals surface area contributed by atoms with Gasteiger partial charge in [-0.25, -0.2) is 4.98 Å². The second-order valence-electron chi connectivity index (χ2n) is 7.43. The molecule has 1 fully saturated rings. The lowest BCUT2D eigenvalue weighted by atomic mass is 10.1. The van der Waals surface area contributed by atoms with Gasteiger partial charge in [-0.05, 0) is 43.4 Å². The van der Waals surface area contributed by atoms with E-state index in [-0.39, 0.29) is 23.3 Å². The average molecular weight is 424 g/mol. The van der Waals surface area contributed by atoms with Crippen LogP contribution in [0.5, 0.6) is 0 Å². The smallest absolute Gasteiger partial charge is 0.262 e. The highest BCUT2D eigenvalue weighted by atomic mass is 35.5. The van der Waals surface area contributed by atoms with Gasteiger partial charge in [-0.2, -0.15) is 0 Å². The number of hydrogen-bond donors (Lipinski definition) is 1. The van der Waals surface area contributed by atoms with Gasteiger partial charge < -0.3 is 10.1 Å². The van der Waals surface area contributed by atoms with Crippen molar-refractivity contribution in [3.05, 3.63) is 33.6 Å². The molecule has 0 unspecified atom stereocenters. The number of halogens is 1. The largest absolute Gasteiger partial charge is 0.376 e. The number of hydrogen-bond acceptors (Lipinski definition) is 5. The summed E-state index contributed by atoms with van der Waals surface area (Å²) in [7, 11) is 0. The van der Waals surface area contributed by atoms with Crippen LogP contribution < -0.4 is 10.9 Å². The molecular formula is C20H26ClN3O3S. The van der Waals surface area contributed by atoms with Crippen molar-refractivity contribution in [1.29, 1.82) is 0 Å². The quantitative estimate of drug-likeness (QED) is 0.519. The van der Waals surface area contributed by atoms with E-state index in [1.807, 2.05) is 0 Å². The molecule has 1 aromatic heterocycles. The van der Waals surface area contributed by atoms with E-state index in [9.17, 15) is 9.59 Å². The lowest BCUT2D eigenvalue weighted by molar-refractivity contribution is -0.118. The van der Waals surface area contributed by atoms with Crippen LogP contribution in [0.1, 0.15) is 33.1 Å². The monoisotopic (exact) mass is 423 g/mol. The highest BCUT2D eigenvalue weighted by molar-refractivity contribution is 7.99. The highest BCUT2D eigenvalue weighted by Crippen LogP contribution is 2.22. The molecule has 1 aliphatic rings. The molecule has 2 aromatic rings. The number of ether oxygens (including phenoxy) is 1. The van der Waals surface area contributed by atoms with E-state index >= 15 is 0 Å². The number of aromatic nitrogens is 2. The normalized spacial score (nSPS) is 16.8. The summed E-state index contributed by atoms with van der Waals surface area (Å²) in [5.41, 5.74) is 0.420. The summed E-state index contributed by atoms with van der Waals surface area (Å²) < 4.78 is 7.34. The zero-order valence-electron chi connectivity index (χ0n) is 16.2. The fourth-order valence-corrected chi connectivity index (χ4v) is 4.12. The highest BCUT2D eigenvalue weighted by Gasteiger charge is 2.20. The Balaban J connectivity index is 1.81. The van der Waals surface area contributed by atoms with E-state index in [2.05, 4.69) is 24.1 Å². The molecule has 0 saturated carbocycles. The average Bonchev–Trinajstić information content (AvgIpc) is 3.15. The van der Waals surface area contributed by atoms with E-state index in [0.717, 1.165) is 25.9 Å². The molecule has 3 rings (SSSR count). The maximum absolute atomic E-state index is 13.1. The van der Waals surface area contributed by atoms with Crippen molar-refractivity contribution in [2.45, 2.75) is 50.9 Å². The van der Waals surface area contributed by atoms with E-state index < -0.39 is 0 Å². The molecular weight excluding hydrogens is 398 g/mol. The van der Waals surface area contributed by atoms with Crippen molar-refractivity contribution in [3.63, 3.8) is 0 Å². The number of fused-ring (bicyclic) bond motifs is 1. The van der Waals surface area contributed by atoms with Crippen LogP contribution in [0.4, 0.5) is 0 Å². The Morgan fingerprint density at radius 2 is 2.29 bits per heavy atom. The van der Waals surface area contributed by atoms with Gasteiger partial charge in [0.15, 0.2) is 5.16 Å². The minimum Gasteiger partial charge on any atom is -0.376 e. The van der Waals surface area contributed by atoms with Gasteiger partial charge in [0.05, 0.1) is 29.3 Å². The van der Waals surface area contributed by atoms with E-state index in [1.165, 1.54) is 11.8 Å². The number of rotatable bonds is 8. The third-order valence-electron chi connectivity index (χ3n) is 4.67. The molecule has 1 aromatic carbocycles. The number of nitrogens with zero attached hydrogens (tertiary/aromatic N) is 2. The van der Waals surface area contributed by atoms with Gasteiger partial charge in [0.2, 0.25) is 5.91 Å². The number of thioether (sulfide) groups is 1. The van der Waals surface area contributed by atoms with Crippen molar-refractivity contribution >= 4 is 40.2 Å². The first-order chi connectivity index (χ1) is 13.4. The van der Waals surface area contributed by atoms with Crippen LogP contribution in [0, 0.1) is 5.92 Å². The van der Waals surface area contributed by atoms with Crippen molar-refractivity contribution in [3.8, 4) is 0 Å². The molecule has 152 valence electrons. The molecule has 1 aliphatic heterocycles. The van der Waals surface area contributed by atoms with Gasteiger partial charge in [-0.1, -0.05) is 37.2 Å². The SMILES string of the molecule is CC(C)CCNC(=O)CSc1nc2cc(Cl)ccc2c(=O)n1C[C@H]1CCCO1. The lowest BCUT2D eigenvalue weighted by Crippen LogP contribution is -2.30. The number of nitrogens with one attached hydrogen (secondary N) is 1. The summed E-state index contributed by atoms with van der Waals surface area (Å²) >= 11 is 7.34. The van der Waals surface area contributed by atoms with Crippen molar-refractivity contribution < 1.29 is 9.53 Å². The zero-order valence-corrected chi connectivity index (χ0v) is 17.8. The Morgan fingerprint density at radius 3 is 3.00 bits per heavy atom. The Labute approximate surface area is 174 Å². The third kappa shape index (κ3) is 5.49. The molecule has 1 N–H and O–H groups in total. The predicted molar refractivity (Wildman–Crippen MR) is 113 cm³/mol. The fourth-order valence-electron chi connectivity index (χ4n) is 3.12. The second kappa shape index (κ2) is 9.76. The molecule has 28 heavy (non-hydrogen) atoms. The van der Waals surface area contributed by atoms with Crippen LogP contribution in [0.15, 0.2) is 28.2 Å². The first kappa shape index (κ1) is 21.1. The zero-order chi connectivity index (χ0) is 20.1. The van der Waals surface area contributed by atoms with Crippen LogP contribution >= 0.6 is 23.4 Å². The van der Waals surface area contributed by atoms with Crippen LogP contribution in [0.3, 0.4) is 0 Å². The van der Waals surface area contributed by atoms with E-state index in [0.29, 0.717) is 40.1 Å². The van der Waals surface area contributed by atoms with E-state index in [1.54, 1.807) is 22.8 Å². The molecule has 1 amide bonds. The second-order valence-corrected chi connectivity index (χ2v) is 8.81.